The molecule has 1 aliphatic rings. The minimum atomic E-state index is -0.784. The SMILES string of the molecule is CC/C=C\CCC1C(=O)CCC1CC(=O)O. The number of ketones is 1. The Morgan fingerprint density at radius 3 is 2.88 bits per heavy atom. The Morgan fingerprint density at radius 1 is 1.50 bits per heavy atom. The fraction of sp³-hybridized carbons (Fsp3) is 0.692. The first kappa shape index (κ1) is 12.9. The summed E-state index contributed by atoms with van der Waals surface area (Å²) < 4.78 is 0. The molecule has 2 atom stereocenters. The minimum absolute atomic E-state index is 0.0161. The van der Waals surface area contributed by atoms with Gasteiger partial charge in [0, 0.05) is 18.8 Å². The standard InChI is InChI=1S/C13H20O3/c1-2-3-4-5-6-11-10(9-13(15)16)7-8-12(11)14/h3-4,10-11H,2,5-9H2,1H3,(H,15,16)/b4-3-. The maximum Gasteiger partial charge on any atom is 0.303 e. The molecule has 0 heterocycles. The van der Waals surface area contributed by atoms with Gasteiger partial charge in [0.2, 0.25) is 0 Å². The number of carboxylic acids is 1. The molecule has 3 nitrogen and oxygen atoms in total. The van der Waals surface area contributed by atoms with Crippen molar-refractivity contribution in [3.8, 4) is 0 Å². The maximum absolute atomic E-state index is 11.6. The Bertz CT molecular complexity index is 281. The van der Waals surface area contributed by atoms with E-state index in [0.29, 0.717) is 6.42 Å². The maximum atomic E-state index is 11.6. The van der Waals surface area contributed by atoms with Crippen molar-refractivity contribution in [3.63, 3.8) is 0 Å². The van der Waals surface area contributed by atoms with E-state index in [1.807, 2.05) is 0 Å². The lowest BCUT2D eigenvalue weighted by atomic mass is 9.88. The Hall–Kier alpha value is -1.12. The van der Waals surface area contributed by atoms with Crippen molar-refractivity contribution in [2.75, 3.05) is 0 Å². The van der Waals surface area contributed by atoms with Gasteiger partial charge in [-0.05, 0) is 31.6 Å². The molecule has 3 heteroatoms. The van der Waals surface area contributed by atoms with Gasteiger partial charge in [-0.25, -0.2) is 0 Å². The largest absolute Gasteiger partial charge is 0.481 e. The van der Waals surface area contributed by atoms with E-state index in [0.717, 1.165) is 25.7 Å². The van der Waals surface area contributed by atoms with Gasteiger partial charge in [-0.2, -0.15) is 0 Å². The third-order valence-corrected chi connectivity index (χ3v) is 3.23. The van der Waals surface area contributed by atoms with Crippen molar-refractivity contribution in [2.24, 2.45) is 11.8 Å². The predicted octanol–water partition coefficient (Wildman–Crippen LogP) is 2.80. The number of allylic oxidation sites excluding steroid dienone is 2. The smallest absolute Gasteiger partial charge is 0.303 e. The second kappa shape index (κ2) is 6.46. The Kier molecular flexibility index (Phi) is 5.23. The molecular formula is C13H20O3. The molecule has 0 aromatic rings. The van der Waals surface area contributed by atoms with Crippen LogP contribution in [0.4, 0.5) is 0 Å². The van der Waals surface area contributed by atoms with E-state index < -0.39 is 5.97 Å². The van der Waals surface area contributed by atoms with Gasteiger partial charge in [0.1, 0.15) is 5.78 Å². The van der Waals surface area contributed by atoms with Crippen molar-refractivity contribution in [3.05, 3.63) is 12.2 Å². The van der Waals surface area contributed by atoms with Crippen molar-refractivity contribution in [1.82, 2.24) is 0 Å². The van der Waals surface area contributed by atoms with Gasteiger partial charge in [0.25, 0.3) is 0 Å². The molecule has 1 rings (SSSR count). The quantitative estimate of drug-likeness (QED) is 0.706. The monoisotopic (exact) mass is 224 g/mol. The summed E-state index contributed by atoms with van der Waals surface area (Å²) in [5.74, 6) is -0.470. The van der Waals surface area contributed by atoms with Gasteiger partial charge < -0.3 is 5.11 Å². The number of rotatable bonds is 6. The van der Waals surface area contributed by atoms with Crippen LogP contribution in [-0.2, 0) is 9.59 Å². The lowest BCUT2D eigenvalue weighted by molar-refractivity contribution is -0.138. The number of aliphatic carboxylic acids is 1. The zero-order valence-corrected chi connectivity index (χ0v) is 9.82. The van der Waals surface area contributed by atoms with Crippen LogP contribution >= 0.6 is 0 Å². The van der Waals surface area contributed by atoms with Crippen molar-refractivity contribution in [1.29, 1.82) is 0 Å². The molecule has 1 N–H and O–H groups in total. The molecule has 0 amide bonds. The average molecular weight is 224 g/mol. The number of carbonyl (C=O) groups is 2. The number of carbonyl (C=O) groups excluding carboxylic acids is 1. The van der Waals surface area contributed by atoms with E-state index in [9.17, 15) is 9.59 Å². The van der Waals surface area contributed by atoms with E-state index >= 15 is 0 Å². The Labute approximate surface area is 96.5 Å². The molecule has 0 aromatic heterocycles. The zero-order valence-electron chi connectivity index (χ0n) is 9.82. The van der Waals surface area contributed by atoms with Crippen LogP contribution in [0.25, 0.3) is 0 Å². The van der Waals surface area contributed by atoms with Gasteiger partial charge in [-0.3, -0.25) is 9.59 Å². The summed E-state index contributed by atoms with van der Waals surface area (Å²) in [6, 6.07) is 0. The molecule has 16 heavy (non-hydrogen) atoms. The zero-order chi connectivity index (χ0) is 12.0. The number of carboxylic acid groups (broad SMARTS) is 1. The Morgan fingerprint density at radius 2 is 2.25 bits per heavy atom. The molecule has 0 bridgehead atoms. The normalized spacial score (nSPS) is 25.4. The molecule has 0 spiro atoms. The number of hydrogen-bond donors (Lipinski definition) is 1. The van der Waals surface area contributed by atoms with E-state index in [-0.39, 0.29) is 24.0 Å². The Balaban J connectivity index is 2.43. The van der Waals surface area contributed by atoms with Crippen LogP contribution in [0, 0.1) is 11.8 Å². The van der Waals surface area contributed by atoms with Crippen LogP contribution in [0.1, 0.15) is 45.4 Å². The topological polar surface area (TPSA) is 54.4 Å². The van der Waals surface area contributed by atoms with Crippen LogP contribution in [0.5, 0.6) is 0 Å². The highest BCUT2D eigenvalue weighted by molar-refractivity contribution is 5.84. The van der Waals surface area contributed by atoms with Gasteiger partial charge in [0.15, 0.2) is 0 Å². The summed E-state index contributed by atoms with van der Waals surface area (Å²) in [5, 5.41) is 8.76. The van der Waals surface area contributed by atoms with Crippen LogP contribution < -0.4 is 0 Å². The fourth-order valence-electron chi connectivity index (χ4n) is 2.40. The number of Topliss-reactive ketones (excluding diaryl/α,β-unsaturated/α-hetero) is 1. The van der Waals surface area contributed by atoms with E-state index in [2.05, 4.69) is 19.1 Å². The van der Waals surface area contributed by atoms with E-state index in [4.69, 9.17) is 5.11 Å². The third kappa shape index (κ3) is 3.80. The fourth-order valence-corrected chi connectivity index (χ4v) is 2.40. The molecule has 1 saturated carbocycles. The molecule has 0 radical (unpaired) electrons. The molecular weight excluding hydrogens is 204 g/mol. The van der Waals surface area contributed by atoms with Gasteiger partial charge in [0.05, 0.1) is 0 Å². The first-order valence-corrected chi connectivity index (χ1v) is 6.04. The highest BCUT2D eigenvalue weighted by atomic mass is 16.4. The molecule has 90 valence electrons. The lowest BCUT2D eigenvalue weighted by Gasteiger charge is -2.15. The average Bonchev–Trinajstić information content (AvgIpc) is 2.55. The third-order valence-electron chi connectivity index (χ3n) is 3.23. The minimum Gasteiger partial charge on any atom is -0.481 e. The molecule has 1 fully saturated rings. The molecule has 0 saturated heterocycles. The molecule has 1 aliphatic carbocycles. The summed E-state index contributed by atoms with van der Waals surface area (Å²) in [6.07, 6.45) is 8.36. The van der Waals surface area contributed by atoms with Crippen LogP contribution in [0.3, 0.4) is 0 Å². The summed E-state index contributed by atoms with van der Waals surface area (Å²) in [6.45, 7) is 2.07. The van der Waals surface area contributed by atoms with E-state index in [1.54, 1.807) is 0 Å². The predicted molar refractivity (Wildman–Crippen MR) is 62.1 cm³/mol. The molecule has 2 unspecified atom stereocenters. The van der Waals surface area contributed by atoms with Crippen LogP contribution in [0.2, 0.25) is 0 Å². The first-order valence-electron chi connectivity index (χ1n) is 6.04. The second-order valence-corrected chi connectivity index (χ2v) is 4.43. The number of hydrogen-bond acceptors (Lipinski definition) is 2. The summed E-state index contributed by atoms with van der Waals surface area (Å²) >= 11 is 0. The first-order chi connectivity index (χ1) is 7.65. The van der Waals surface area contributed by atoms with E-state index in [1.165, 1.54) is 0 Å². The molecule has 0 aliphatic heterocycles. The van der Waals surface area contributed by atoms with Gasteiger partial charge in [-0.1, -0.05) is 19.1 Å². The summed E-state index contributed by atoms with van der Waals surface area (Å²) in [7, 11) is 0. The highest BCUT2D eigenvalue weighted by Crippen LogP contribution is 2.34. The highest BCUT2D eigenvalue weighted by Gasteiger charge is 2.34. The van der Waals surface area contributed by atoms with Crippen molar-refractivity contribution < 1.29 is 14.7 Å². The van der Waals surface area contributed by atoms with Crippen LogP contribution in [0.15, 0.2) is 12.2 Å². The molecule has 0 aromatic carbocycles. The van der Waals surface area contributed by atoms with Crippen molar-refractivity contribution in [2.45, 2.75) is 45.4 Å². The summed E-state index contributed by atoms with van der Waals surface area (Å²) in [5.41, 5.74) is 0. The second-order valence-electron chi connectivity index (χ2n) is 4.43. The van der Waals surface area contributed by atoms with Gasteiger partial charge >= 0.3 is 5.97 Å². The van der Waals surface area contributed by atoms with Gasteiger partial charge in [-0.15, -0.1) is 0 Å². The lowest BCUT2D eigenvalue weighted by Crippen LogP contribution is -2.17. The van der Waals surface area contributed by atoms with Crippen molar-refractivity contribution >= 4 is 11.8 Å². The summed E-state index contributed by atoms with van der Waals surface area (Å²) in [4.78, 5) is 22.3. The van der Waals surface area contributed by atoms with Crippen LogP contribution in [-0.4, -0.2) is 16.9 Å².